The highest BCUT2D eigenvalue weighted by atomic mass is 16.5. The van der Waals surface area contributed by atoms with Gasteiger partial charge in [0.1, 0.15) is 5.75 Å². The Morgan fingerprint density at radius 3 is 2.23 bits per heavy atom. The molecule has 1 aromatic heterocycles. The molecule has 0 radical (unpaired) electrons. The number of carbonyl (C=O) groups excluding carboxylic acids is 1. The lowest BCUT2D eigenvalue weighted by atomic mass is 9.87. The van der Waals surface area contributed by atoms with E-state index < -0.39 is 0 Å². The number of ether oxygens (including phenoxy) is 1. The van der Waals surface area contributed by atoms with Crippen molar-refractivity contribution in [3.8, 4) is 11.4 Å². The zero-order chi connectivity index (χ0) is 21.9. The minimum absolute atomic E-state index is 0.0551. The van der Waals surface area contributed by atoms with Crippen molar-refractivity contribution in [2.45, 2.75) is 40.0 Å². The second-order valence-electron chi connectivity index (χ2n) is 8.39. The molecule has 1 heterocycles. The standard InChI is InChI=1S/C25H29N3O2/c1-17-15-20(18(2)28(17)22-11-13-23(30-6)14-12-22)16-26-27-24(29)19-7-9-21(10-8-19)25(3,4)5/h7-16H,1-6H3,(H,27,29)/b26-16-. The fourth-order valence-corrected chi connectivity index (χ4v) is 3.39. The SMILES string of the molecule is COc1ccc(-n2c(C)cc(/C=N\NC(=O)c3ccc(C(C)(C)C)cc3)c2C)cc1. The van der Waals surface area contributed by atoms with Crippen LogP contribution >= 0.6 is 0 Å². The predicted molar refractivity (Wildman–Crippen MR) is 122 cm³/mol. The van der Waals surface area contributed by atoms with Gasteiger partial charge in [-0.1, -0.05) is 32.9 Å². The van der Waals surface area contributed by atoms with Crippen LogP contribution in [-0.2, 0) is 5.41 Å². The molecule has 2 aromatic carbocycles. The van der Waals surface area contributed by atoms with E-state index in [0.29, 0.717) is 5.56 Å². The Morgan fingerprint density at radius 1 is 1.03 bits per heavy atom. The summed E-state index contributed by atoms with van der Waals surface area (Å²) in [6, 6.07) is 17.6. The lowest BCUT2D eigenvalue weighted by Crippen LogP contribution is -2.18. The molecule has 5 heteroatoms. The van der Waals surface area contributed by atoms with Crippen LogP contribution in [0.2, 0.25) is 0 Å². The van der Waals surface area contributed by atoms with Gasteiger partial charge in [-0.15, -0.1) is 0 Å². The van der Waals surface area contributed by atoms with E-state index in [-0.39, 0.29) is 11.3 Å². The molecule has 0 saturated carbocycles. The Bertz CT molecular complexity index is 1050. The molecule has 0 aliphatic rings. The van der Waals surface area contributed by atoms with Crippen molar-refractivity contribution >= 4 is 12.1 Å². The predicted octanol–water partition coefficient (Wildman–Crippen LogP) is 5.16. The highest BCUT2D eigenvalue weighted by Crippen LogP contribution is 2.23. The van der Waals surface area contributed by atoms with Gasteiger partial charge in [0.15, 0.2) is 0 Å². The van der Waals surface area contributed by atoms with Crippen LogP contribution in [0, 0.1) is 13.8 Å². The molecular weight excluding hydrogens is 374 g/mol. The molecule has 1 N–H and O–H groups in total. The summed E-state index contributed by atoms with van der Waals surface area (Å²) < 4.78 is 7.38. The molecule has 3 aromatic rings. The first-order chi connectivity index (χ1) is 14.2. The van der Waals surface area contributed by atoms with Crippen LogP contribution < -0.4 is 10.2 Å². The average molecular weight is 404 g/mol. The van der Waals surface area contributed by atoms with E-state index in [9.17, 15) is 4.79 Å². The molecule has 0 saturated heterocycles. The summed E-state index contributed by atoms with van der Waals surface area (Å²) in [4.78, 5) is 12.4. The quantitative estimate of drug-likeness (QED) is 0.472. The van der Waals surface area contributed by atoms with Gasteiger partial charge in [0.05, 0.1) is 13.3 Å². The van der Waals surface area contributed by atoms with Crippen molar-refractivity contribution < 1.29 is 9.53 Å². The monoisotopic (exact) mass is 403 g/mol. The van der Waals surface area contributed by atoms with Gasteiger partial charge in [0, 0.05) is 28.2 Å². The van der Waals surface area contributed by atoms with Crippen molar-refractivity contribution in [2.24, 2.45) is 5.10 Å². The lowest BCUT2D eigenvalue weighted by molar-refractivity contribution is 0.0955. The average Bonchev–Trinajstić information content (AvgIpc) is 3.00. The molecule has 0 bridgehead atoms. The summed E-state index contributed by atoms with van der Waals surface area (Å²) in [5.74, 6) is 0.594. The zero-order valence-corrected chi connectivity index (χ0v) is 18.5. The number of amides is 1. The molecule has 30 heavy (non-hydrogen) atoms. The number of nitrogens with zero attached hydrogens (tertiary/aromatic N) is 2. The Balaban J connectivity index is 1.72. The van der Waals surface area contributed by atoms with E-state index in [2.05, 4.69) is 35.9 Å². The molecule has 1 amide bonds. The molecule has 0 atom stereocenters. The number of rotatable bonds is 5. The number of hydrogen-bond donors (Lipinski definition) is 1. The first-order valence-corrected chi connectivity index (χ1v) is 9.98. The summed E-state index contributed by atoms with van der Waals surface area (Å²) >= 11 is 0. The second-order valence-corrected chi connectivity index (χ2v) is 8.39. The number of carbonyl (C=O) groups is 1. The normalized spacial score (nSPS) is 11.7. The van der Waals surface area contributed by atoms with Gasteiger partial charge in [-0.3, -0.25) is 4.79 Å². The third-order valence-corrected chi connectivity index (χ3v) is 5.18. The zero-order valence-electron chi connectivity index (χ0n) is 18.5. The highest BCUT2D eigenvalue weighted by molar-refractivity contribution is 5.95. The van der Waals surface area contributed by atoms with Gasteiger partial charge < -0.3 is 9.30 Å². The Hall–Kier alpha value is -3.34. The van der Waals surface area contributed by atoms with Crippen LogP contribution in [-0.4, -0.2) is 23.8 Å². The smallest absolute Gasteiger partial charge is 0.271 e. The van der Waals surface area contributed by atoms with E-state index in [0.717, 1.165) is 28.4 Å². The van der Waals surface area contributed by atoms with Gasteiger partial charge in [0.2, 0.25) is 0 Å². The topological polar surface area (TPSA) is 55.6 Å². The third-order valence-electron chi connectivity index (χ3n) is 5.18. The Labute approximate surface area is 178 Å². The minimum Gasteiger partial charge on any atom is -0.497 e. The number of benzene rings is 2. The van der Waals surface area contributed by atoms with E-state index in [1.807, 2.05) is 68.4 Å². The molecule has 0 fully saturated rings. The number of hydrazone groups is 1. The maximum atomic E-state index is 12.4. The summed E-state index contributed by atoms with van der Waals surface area (Å²) in [5, 5.41) is 4.17. The highest BCUT2D eigenvalue weighted by Gasteiger charge is 2.14. The molecule has 0 aliphatic carbocycles. The third kappa shape index (κ3) is 4.62. The Kier molecular flexibility index (Phi) is 6.11. The molecular formula is C25H29N3O2. The molecule has 0 unspecified atom stereocenters. The van der Waals surface area contributed by atoms with E-state index in [4.69, 9.17) is 4.74 Å². The van der Waals surface area contributed by atoms with E-state index >= 15 is 0 Å². The lowest BCUT2D eigenvalue weighted by Gasteiger charge is -2.18. The summed E-state index contributed by atoms with van der Waals surface area (Å²) in [6.45, 7) is 10.5. The molecule has 0 aliphatic heterocycles. The fraction of sp³-hybridized carbons (Fsp3) is 0.280. The van der Waals surface area contributed by atoms with Crippen molar-refractivity contribution in [3.63, 3.8) is 0 Å². The summed E-state index contributed by atoms with van der Waals surface area (Å²) in [5.41, 5.74) is 8.58. The van der Waals surface area contributed by atoms with Crippen LogP contribution in [0.3, 0.4) is 0 Å². The van der Waals surface area contributed by atoms with Crippen molar-refractivity contribution in [3.05, 3.63) is 82.7 Å². The van der Waals surface area contributed by atoms with Crippen LogP contribution in [0.4, 0.5) is 0 Å². The largest absolute Gasteiger partial charge is 0.497 e. The van der Waals surface area contributed by atoms with Crippen LogP contribution in [0.15, 0.2) is 59.7 Å². The maximum Gasteiger partial charge on any atom is 0.271 e. The number of aryl methyl sites for hydroxylation is 1. The molecule has 5 nitrogen and oxygen atoms in total. The van der Waals surface area contributed by atoms with Gasteiger partial charge in [0.25, 0.3) is 5.91 Å². The Morgan fingerprint density at radius 2 is 1.67 bits per heavy atom. The van der Waals surface area contributed by atoms with Gasteiger partial charge >= 0.3 is 0 Å². The van der Waals surface area contributed by atoms with E-state index in [1.54, 1.807) is 13.3 Å². The van der Waals surface area contributed by atoms with E-state index in [1.165, 1.54) is 5.56 Å². The summed E-state index contributed by atoms with van der Waals surface area (Å²) in [6.07, 6.45) is 1.68. The maximum absolute atomic E-state index is 12.4. The summed E-state index contributed by atoms with van der Waals surface area (Å²) in [7, 11) is 1.66. The van der Waals surface area contributed by atoms with Gasteiger partial charge in [-0.2, -0.15) is 5.10 Å². The van der Waals surface area contributed by atoms with Crippen molar-refractivity contribution in [1.29, 1.82) is 0 Å². The first-order valence-electron chi connectivity index (χ1n) is 9.98. The molecule has 0 spiro atoms. The number of hydrogen-bond acceptors (Lipinski definition) is 3. The number of nitrogens with one attached hydrogen (secondary N) is 1. The minimum atomic E-state index is -0.226. The fourth-order valence-electron chi connectivity index (χ4n) is 3.39. The molecule has 156 valence electrons. The van der Waals surface area contributed by atoms with Crippen molar-refractivity contribution in [2.75, 3.05) is 7.11 Å². The van der Waals surface area contributed by atoms with Gasteiger partial charge in [-0.05, 0) is 67.3 Å². The number of aromatic nitrogens is 1. The van der Waals surface area contributed by atoms with Crippen molar-refractivity contribution in [1.82, 2.24) is 9.99 Å². The van der Waals surface area contributed by atoms with Crippen LogP contribution in [0.1, 0.15) is 53.6 Å². The second kappa shape index (κ2) is 8.57. The number of methoxy groups -OCH3 is 1. The van der Waals surface area contributed by atoms with Crippen LogP contribution in [0.25, 0.3) is 5.69 Å². The van der Waals surface area contributed by atoms with Crippen LogP contribution in [0.5, 0.6) is 5.75 Å². The first kappa shape index (κ1) is 21.4. The van der Waals surface area contributed by atoms with Gasteiger partial charge in [-0.25, -0.2) is 5.43 Å². The molecule has 3 rings (SSSR count).